The van der Waals surface area contributed by atoms with Crippen molar-refractivity contribution >= 4 is 35.1 Å². The van der Waals surface area contributed by atoms with Crippen LogP contribution in [0.1, 0.15) is 11.1 Å². The summed E-state index contributed by atoms with van der Waals surface area (Å²) in [5, 5.41) is 10.1. The topological polar surface area (TPSA) is 23.8 Å². The first-order valence-corrected chi connectivity index (χ1v) is 8.28. The van der Waals surface area contributed by atoms with Crippen LogP contribution in [0.4, 0.5) is 0 Å². The lowest BCUT2D eigenvalue weighted by Crippen LogP contribution is -1.87. The van der Waals surface area contributed by atoms with Crippen molar-refractivity contribution in [2.45, 2.75) is 15.5 Å². The fraction of sp³-hybridized carbons (Fsp3) is 0.133. The molecule has 0 amide bonds. The van der Waals surface area contributed by atoms with E-state index >= 15 is 0 Å². The van der Waals surface area contributed by atoms with E-state index in [1.54, 1.807) is 23.5 Å². The summed E-state index contributed by atoms with van der Waals surface area (Å²) in [5.74, 6) is 0.770. The molecule has 0 saturated carbocycles. The van der Waals surface area contributed by atoms with Gasteiger partial charge in [0.2, 0.25) is 0 Å². The number of hydrogen-bond donors (Lipinski definition) is 0. The van der Waals surface area contributed by atoms with Gasteiger partial charge in [-0.05, 0) is 30.0 Å². The highest BCUT2D eigenvalue weighted by molar-refractivity contribution is 7.99. The summed E-state index contributed by atoms with van der Waals surface area (Å²) >= 11 is 9.39. The standard InChI is InChI=1S/C15H12ClNS2/c1-18-14-7-4-8-15(12(14)9-17)19-10-11-5-2-3-6-13(11)16/h2-8H,10H2,1H3. The molecule has 2 aromatic carbocycles. The summed E-state index contributed by atoms with van der Waals surface area (Å²) in [6, 6.07) is 16.0. The van der Waals surface area contributed by atoms with Gasteiger partial charge in [0.25, 0.3) is 0 Å². The molecule has 0 aliphatic heterocycles. The lowest BCUT2D eigenvalue weighted by Gasteiger charge is -2.08. The van der Waals surface area contributed by atoms with E-state index in [4.69, 9.17) is 11.6 Å². The third kappa shape index (κ3) is 3.48. The van der Waals surface area contributed by atoms with Crippen LogP contribution in [0.2, 0.25) is 5.02 Å². The Labute approximate surface area is 127 Å². The molecule has 0 aliphatic carbocycles. The average Bonchev–Trinajstić information content (AvgIpc) is 2.45. The fourth-order valence-electron chi connectivity index (χ4n) is 1.68. The van der Waals surface area contributed by atoms with Crippen molar-refractivity contribution in [3.05, 3.63) is 58.6 Å². The molecule has 0 saturated heterocycles. The lowest BCUT2D eigenvalue weighted by molar-refractivity contribution is 1.25. The Bertz CT molecular complexity index is 620. The van der Waals surface area contributed by atoms with E-state index in [0.29, 0.717) is 0 Å². The maximum absolute atomic E-state index is 9.28. The Morgan fingerprint density at radius 1 is 1.11 bits per heavy atom. The van der Waals surface area contributed by atoms with Crippen LogP contribution in [-0.4, -0.2) is 6.26 Å². The van der Waals surface area contributed by atoms with Crippen molar-refractivity contribution in [3.63, 3.8) is 0 Å². The average molecular weight is 306 g/mol. The van der Waals surface area contributed by atoms with Gasteiger partial charge in [-0.3, -0.25) is 0 Å². The van der Waals surface area contributed by atoms with Crippen molar-refractivity contribution in [2.24, 2.45) is 0 Å². The second-order valence-corrected chi connectivity index (χ2v) is 6.10. The number of nitrogens with zero attached hydrogens (tertiary/aromatic N) is 1. The first-order valence-electron chi connectivity index (χ1n) is 5.69. The summed E-state index contributed by atoms with van der Waals surface area (Å²) in [6.07, 6.45) is 1.98. The van der Waals surface area contributed by atoms with Gasteiger partial charge in [0.1, 0.15) is 6.07 Å². The molecule has 4 heteroatoms. The minimum Gasteiger partial charge on any atom is -0.192 e. The molecule has 0 spiro atoms. The molecule has 0 heterocycles. The molecular weight excluding hydrogens is 294 g/mol. The summed E-state index contributed by atoms with van der Waals surface area (Å²) in [5.41, 5.74) is 1.85. The SMILES string of the molecule is CSc1cccc(SCc2ccccc2Cl)c1C#N. The molecule has 0 aromatic heterocycles. The molecule has 0 radical (unpaired) electrons. The number of thioether (sulfide) groups is 2. The van der Waals surface area contributed by atoms with E-state index in [0.717, 1.165) is 31.7 Å². The smallest absolute Gasteiger partial charge is 0.101 e. The predicted octanol–water partition coefficient (Wildman–Crippen LogP) is 5.23. The third-order valence-corrected chi connectivity index (χ3v) is 4.92. The van der Waals surface area contributed by atoms with Crippen LogP contribution in [0.5, 0.6) is 0 Å². The molecule has 19 heavy (non-hydrogen) atoms. The Morgan fingerprint density at radius 3 is 2.53 bits per heavy atom. The quantitative estimate of drug-likeness (QED) is 0.723. The first kappa shape index (κ1) is 14.3. The van der Waals surface area contributed by atoms with Gasteiger partial charge in [-0.2, -0.15) is 5.26 Å². The Hall–Kier alpha value is -1.08. The highest BCUT2D eigenvalue weighted by Gasteiger charge is 2.08. The number of halogens is 1. The molecule has 1 nitrogen and oxygen atoms in total. The Balaban J connectivity index is 2.21. The molecule has 2 rings (SSSR count). The van der Waals surface area contributed by atoms with E-state index in [2.05, 4.69) is 6.07 Å². The zero-order valence-corrected chi connectivity index (χ0v) is 12.8. The number of benzene rings is 2. The van der Waals surface area contributed by atoms with Gasteiger partial charge in [0.15, 0.2) is 0 Å². The summed E-state index contributed by atoms with van der Waals surface area (Å²) in [7, 11) is 0. The van der Waals surface area contributed by atoms with E-state index in [-0.39, 0.29) is 0 Å². The fourth-order valence-corrected chi connectivity index (χ4v) is 3.64. The van der Waals surface area contributed by atoms with Crippen LogP contribution < -0.4 is 0 Å². The highest BCUT2D eigenvalue weighted by atomic mass is 35.5. The van der Waals surface area contributed by atoms with Crippen LogP contribution in [0.15, 0.2) is 52.3 Å². The molecule has 0 bridgehead atoms. The van der Waals surface area contributed by atoms with Crippen LogP contribution in [0.25, 0.3) is 0 Å². The van der Waals surface area contributed by atoms with Crippen LogP contribution in [0, 0.1) is 11.3 Å². The third-order valence-electron chi connectivity index (χ3n) is 2.66. The zero-order chi connectivity index (χ0) is 13.7. The minimum absolute atomic E-state index is 0.757. The molecule has 0 N–H and O–H groups in total. The van der Waals surface area contributed by atoms with Gasteiger partial charge in [0, 0.05) is 20.6 Å². The highest BCUT2D eigenvalue weighted by Crippen LogP contribution is 2.32. The van der Waals surface area contributed by atoms with Gasteiger partial charge in [-0.15, -0.1) is 23.5 Å². The minimum atomic E-state index is 0.757. The Morgan fingerprint density at radius 2 is 1.84 bits per heavy atom. The van der Waals surface area contributed by atoms with Crippen molar-refractivity contribution in [1.29, 1.82) is 5.26 Å². The molecular formula is C15H12ClNS2. The summed E-state index contributed by atoms with van der Waals surface area (Å²) in [6.45, 7) is 0. The van der Waals surface area contributed by atoms with Crippen LogP contribution in [0.3, 0.4) is 0 Å². The van der Waals surface area contributed by atoms with E-state index < -0.39 is 0 Å². The summed E-state index contributed by atoms with van der Waals surface area (Å²) < 4.78 is 0. The molecule has 96 valence electrons. The molecule has 0 atom stereocenters. The second-order valence-electron chi connectivity index (χ2n) is 3.83. The maximum atomic E-state index is 9.28. The van der Waals surface area contributed by atoms with E-state index in [1.807, 2.05) is 48.7 Å². The molecule has 2 aromatic rings. The summed E-state index contributed by atoms with van der Waals surface area (Å²) in [4.78, 5) is 2.03. The monoisotopic (exact) mass is 305 g/mol. The van der Waals surface area contributed by atoms with Crippen LogP contribution in [-0.2, 0) is 5.75 Å². The first-order chi connectivity index (χ1) is 9.26. The van der Waals surface area contributed by atoms with Crippen LogP contribution >= 0.6 is 35.1 Å². The number of hydrogen-bond acceptors (Lipinski definition) is 3. The van der Waals surface area contributed by atoms with Crippen molar-refractivity contribution in [3.8, 4) is 6.07 Å². The van der Waals surface area contributed by atoms with E-state index in [9.17, 15) is 5.26 Å². The maximum Gasteiger partial charge on any atom is 0.101 e. The molecule has 0 fully saturated rings. The van der Waals surface area contributed by atoms with Crippen molar-refractivity contribution in [1.82, 2.24) is 0 Å². The van der Waals surface area contributed by atoms with Gasteiger partial charge in [-0.25, -0.2) is 0 Å². The predicted molar refractivity (Wildman–Crippen MR) is 84.0 cm³/mol. The van der Waals surface area contributed by atoms with E-state index in [1.165, 1.54) is 0 Å². The van der Waals surface area contributed by atoms with Crippen molar-refractivity contribution in [2.75, 3.05) is 6.26 Å². The van der Waals surface area contributed by atoms with Gasteiger partial charge >= 0.3 is 0 Å². The second kappa shape index (κ2) is 6.91. The Kier molecular flexibility index (Phi) is 5.21. The molecule has 0 unspecified atom stereocenters. The lowest BCUT2D eigenvalue weighted by atomic mass is 10.2. The van der Waals surface area contributed by atoms with Crippen molar-refractivity contribution < 1.29 is 0 Å². The van der Waals surface area contributed by atoms with Gasteiger partial charge in [0.05, 0.1) is 5.56 Å². The number of rotatable bonds is 4. The van der Waals surface area contributed by atoms with Gasteiger partial charge < -0.3 is 0 Å². The normalized spacial score (nSPS) is 10.2. The molecule has 0 aliphatic rings. The largest absolute Gasteiger partial charge is 0.192 e. The number of nitriles is 1. The zero-order valence-electron chi connectivity index (χ0n) is 10.4. The van der Waals surface area contributed by atoms with Gasteiger partial charge in [-0.1, -0.05) is 35.9 Å².